The molecular weight excluding hydrogens is 335 g/mol. The summed E-state index contributed by atoms with van der Waals surface area (Å²) in [4.78, 5) is 15.1. The fourth-order valence-electron chi connectivity index (χ4n) is 4.36. The molecule has 0 bridgehead atoms. The zero-order valence-corrected chi connectivity index (χ0v) is 16.2. The van der Waals surface area contributed by atoms with Crippen LogP contribution in [0.1, 0.15) is 25.3 Å². The number of carbonyl (C=O) groups is 1. The molecule has 2 aliphatic heterocycles. The van der Waals surface area contributed by atoms with E-state index in [1.54, 1.807) is 0 Å². The number of amides is 1. The Morgan fingerprint density at radius 2 is 1.85 bits per heavy atom. The molecule has 0 aromatic heterocycles. The van der Waals surface area contributed by atoms with E-state index in [4.69, 9.17) is 4.74 Å². The topological polar surface area (TPSA) is 41.6 Å². The first-order chi connectivity index (χ1) is 13.1. The molecule has 1 spiro atoms. The number of hydrogen-bond acceptors (Lipinski definition) is 3. The highest BCUT2D eigenvalue weighted by Gasteiger charge is 2.48. The Hall–Kier alpha value is -2.27. The Balaban J connectivity index is 1.35. The third kappa shape index (κ3) is 3.36. The average molecular weight is 362 g/mol. The van der Waals surface area contributed by atoms with E-state index >= 15 is 0 Å². The lowest BCUT2D eigenvalue weighted by Gasteiger charge is -2.40. The molecule has 1 N–H and O–H groups in total. The SMILES string of the molecule is CBc1ccc(OCC(C)N2CCC3(CC2)C(=O)Nc2ccccc23)cc1. The van der Waals surface area contributed by atoms with Gasteiger partial charge in [-0.05, 0) is 56.6 Å². The highest BCUT2D eigenvalue weighted by molar-refractivity contribution is 6.51. The number of anilines is 1. The van der Waals surface area contributed by atoms with Gasteiger partial charge in [0.15, 0.2) is 7.28 Å². The average Bonchev–Trinajstić information content (AvgIpc) is 2.98. The molecule has 140 valence electrons. The minimum atomic E-state index is -0.344. The maximum atomic E-state index is 12.7. The summed E-state index contributed by atoms with van der Waals surface area (Å²) in [7, 11) is 1.04. The number of piperidine rings is 1. The Bertz CT molecular complexity index is 813. The second-order valence-electron chi connectivity index (χ2n) is 7.78. The molecule has 1 fully saturated rings. The molecule has 2 heterocycles. The van der Waals surface area contributed by atoms with Gasteiger partial charge in [0, 0.05) is 11.7 Å². The molecule has 2 aromatic carbocycles. The van der Waals surface area contributed by atoms with E-state index in [0.717, 1.165) is 44.6 Å². The van der Waals surface area contributed by atoms with Gasteiger partial charge in [-0.1, -0.05) is 42.6 Å². The Kier molecular flexibility index (Phi) is 4.96. The van der Waals surface area contributed by atoms with Gasteiger partial charge in [-0.2, -0.15) is 0 Å². The lowest BCUT2D eigenvalue weighted by molar-refractivity contribution is -0.122. The van der Waals surface area contributed by atoms with Crippen LogP contribution in [0.5, 0.6) is 5.75 Å². The van der Waals surface area contributed by atoms with Gasteiger partial charge in [-0.15, -0.1) is 0 Å². The summed E-state index contributed by atoms with van der Waals surface area (Å²) in [5.41, 5.74) is 3.15. The van der Waals surface area contributed by atoms with Crippen LogP contribution in [0.15, 0.2) is 48.5 Å². The predicted octanol–water partition coefficient (Wildman–Crippen LogP) is 2.55. The summed E-state index contributed by atoms with van der Waals surface area (Å²) >= 11 is 0. The second-order valence-corrected chi connectivity index (χ2v) is 7.78. The Labute approximate surface area is 162 Å². The van der Waals surface area contributed by atoms with E-state index in [2.05, 4.69) is 54.3 Å². The molecule has 0 saturated carbocycles. The van der Waals surface area contributed by atoms with Crippen LogP contribution in [0.4, 0.5) is 5.69 Å². The van der Waals surface area contributed by atoms with Crippen molar-refractivity contribution in [1.29, 1.82) is 0 Å². The smallest absolute Gasteiger partial charge is 0.235 e. The lowest BCUT2D eigenvalue weighted by atomic mass is 9.73. The molecule has 4 rings (SSSR count). The molecule has 2 aromatic rings. The normalized spacial score (nSPS) is 19.4. The van der Waals surface area contributed by atoms with E-state index < -0.39 is 0 Å². The molecule has 5 heteroatoms. The van der Waals surface area contributed by atoms with E-state index in [0.29, 0.717) is 12.6 Å². The summed E-state index contributed by atoms with van der Waals surface area (Å²) in [6.45, 7) is 6.87. The van der Waals surface area contributed by atoms with Crippen molar-refractivity contribution in [2.45, 2.75) is 38.0 Å². The number of fused-ring (bicyclic) bond motifs is 2. The summed E-state index contributed by atoms with van der Waals surface area (Å²) in [5, 5.41) is 3.08. The van der Waals surface area contributed by atoms with Crippen LogP contribution in [0.25, 0.3) is 0 Å². The molecule has 1 saturated heterocycles. The fraction of sp³-hybridized carbons (Fsp3) is 0.409. The van der Waals surface area contributed by atoms with Crippen LogP contribution in [0, 0.1) is 0 Å². The zero-order chi connectivity index (χ0) is 18.9. The van der Waals surface area contributed by atoms with Crippen LogP contribution in [-0.4, -0.2) is 43.8 Å². The molecule has 4 nitrogen and oxygen atoms in total. The number of ether oxygens (including phenoxy) is 1. The molecule has 1 amide bonds. The van der Waals surface area contributed by atoms with Gasteiger partial charge in [0.05, 0.1) is 5.41 Å². The largest absolute Gasteiger partial charge is 0.492 e. The molecule has 27 heavy (non-hydrogen) atoms. The van der Waals surface area contributed by atoms with Gasteiger partial charge in [-0.3, -0.25) is 9.69 Å². The predicted molar refractivity (Wildman–Crippen MR) is 112 cm³/mol. The third-order valence-electron chi connectivity index (χ3n) is 6.22. The van der Waals surface area contributed by atoms with Crippen LogP contribution >= 0.6 is 0 Å². The maximum absolute atomic E-state index is 12.7. The van der Waals surface area contributed by atoms with Crippen molar-refractivity contribution in [3.05, 3.63) is 54.1 Å². The van der Waals surface area contributed by atoms with E-state index in [9.17, 15) is 4.79 Å². The van der Waals surface area contributed by atoms with Crippen molar-refractivity contribution >= 4 is 24.3 Å². The first-order valence-electron chi connectivity index (χ1n) is 9.99. The number of nitrogens with one attached hydrogen (secondary N) is 1. The van der Waals surface area contributed by atoms with Crippen molar-refractivity contribution in [3.8, 4) is 5.75 Å². The number of hydrogen-bond donors (Lipinski definition) is 1. The first kappa shape index (κ1) is 18.1. The van der Waals surface area contributed by atoms with Gasteiger partial charge in [0.2, 0.25) is 5.91 Å². The van der Waals surface area contributed by atoms with Crippen molar-refractivity contribution < 1.29 is 9.53 Å². The fourth-order valence-corrected chi connectivity index (χ4v) is 4.36. The minimum Gasteiger partial charge on any atom is -0.492 e. The number of carbonyl (C=O) groups excluding carboxylic acids is 1. The summed E-state index contributed by atoms with van der Waals surface area (Å²) in [5.74, 6) is 1.10. The van der Waals surface area contributed by atoms with Crippen LogP contribution in [0.2, 0.25) is 6.82 Å². The number of rotatable bonds is 5. The highest BCUT2D eigenvalue weighted by Crippen LogP contribution is 2.44. The van der Waals surface area contributed by atoms with Crippen LogP contribution in [0.3, 0.4) is 0 Å². The Morgan fingerprint density at radius 3 is 2.56 bits per heavy atom. The Morgan fingerprint density at radius 1 is 1.15 bits per heavy atom. The summed E-state index contributed by atoms with van der Waals surface area (Å²) in [6.07, 6.45) is 1.73. The van der Waals surface area contributed by atoms with Crippen molar-refractivity contribution in [2.75, 3.05) is 25.0 Å². The van der Waals surface area contributed by atoms with Gasteiger partial charge in [0.1, 0.15) is 12.4 Å². The van der Waals surface area contributed by atoms with Gasteiger partial charge in [-0.25, -0.2) is 0 Å². The second kappa shape index (κ2) is 7.39. The van der Waals surface area contributed by atoms with Gasteiger partial charge < -0.3 is 10.1 Å². The molecular formula is C22H27BN2O2. The van der Waals surface area contributed by atoms with Crippen molar-refractivity contribution in [1.82, 2.24) is 4.90 Å². The summed E-state index contributed by atoms with van der Waals surface area (Å²) < 4.78 is 5.99. The molecule has 1 atom stereocenters. The molecule has 0 radical (unpaired) electrons. The van der Waals surface area contributed by atoms with Gasteiger partial charge in [0.25, 0.3) is 0 Å². The highest BCUT2D eigenvalue weighted by atomic mass is 16.5. The van der Waals surface area contributed by atoms with E-state index in [-0.39, 0.29) is 11.3 Å². The quantitative estimate of drug-likeness (QED) is 0.832. The van der Waals surface area contributed by atoms with Crippen molar-refractivity contribution in [3.63, 3.8) is 0 Å². The number of nitrogens with zero attached hydrogens (tertiary/aromatic N) is 1. The first-order valence-corrected chi connectivity index (χ1v) is 9.99. The van der Waals surface area contributed by atoms with Gasteiger partial charge >= 0.3 is 0 Å². The monoisotopic (exact) mass is 362 g/mol. The number of para-hydroxylation sites is 1. The number of likely N-dealkylation sites (tertiary alicyclic amines) is 1. The number of benzene rings is 2. The molecule has 0 aliphatic carbocycles. The third-order valence-corrected chi connectivity index (χ3v) is 6.22. The minimum absolute atomic E-state index is 0.170. The van der Waals surface area contributed by atoms with Crippen molar-refractivity contribution in [2.24, 2.45) is 0 Å². The zero-order valence-electron chi connectivity index (χ0n) is 16.2. The lowest BCUT2D eigenvalue weighted by Crippen LogP contribution is -2.50. The maximum Gasteiger partial charge on any atom is 0.235 e. The van der Waals surface area contributed by atoms with E-state index in [1.807, 2.05) is 18.2 Å². The van der Waals surface area contributed by atoms with Crippen LogP contribution < -0.4 is 15.5 Å². The molecule has 1 unspecified atom stereocenters. The standard InChI is InChI=1S/C22H27BN2O2/c1-16(15-27-18-9-7-17(23-2)8-10-18)25-13-11-22(12-14-25)19-5-3-4-6-20(19)24-21(22)26/h3-10,16,23H,11-15H2,1-2H3,(H,24,26). The van der Waals surface area contributed by atoms with E-state index in [1.165, 1.54) is 11.0 Å². The summed E-state index contributed by atoms with van der Waals surface area (Å²) in [6, 6.07) is 16.8. The molecule has 2 aliphatic rings. The van der Waals surface area contributed by atoms with Crippen LogP contribution in [-0.2, 0) is 10.2 Å².